The standard InChI is InChI=1S/C19H33N7O7S/c20-19(21)23-8-2-4-12(18(32)33)25-17(31)13(9-34)26-16(30)11(5-6-14(27)28)24-15(29)10-3-1-7-22-10/h10-13,22,34H,1-9H2,(H,24,29)(H,25,31)(H,26,30)(H,27,28)(H,32,33)(H4,20,21,23). The number of amides is 3. The van der Waals surface area contributed by atoms with Crippen LogP contribution in [0.25, 0.3) is 0 Å². The first-order chi connectivity index (χ1) is 16.0. The van der Waals surface area contributed by atoms with Crippen molar-refractivity contribution in [1.82, 2.24) is 21.3 Å². The highest BCUT2D eigenvalue weighted by atomic mass is 32.1. The summed E-state index contributed by atoms with van der Waals surface area (Å²) in [6, 6.07) is -4.16. The monoisotopic (exact) mass is 503 g/mol. The molecule has 1 fully saturated rings. The van der Waals surface area contributed by atoms with Crippen molar-refractivity contribution in [2.24, 2.45) is 16.5 Å². The molecule has 1 aliphatic heterocycles. The number of carbonyl (C=O) groups excluding carboxylic acids is 3. The summed E-state index contributed by atoms with van der Waals surface area (Å²) in [5.41, 5.74) is 10.4. The molecule has 1 rings (SSSR count). The van der Waals surface area contributed by atoms with E-state index in [4.69, 9.17) is 16.6 Å². The number of nitrogens with zero attached hydrogens (tertiary/aromatic N) is 1. The van der Waals surface area contributed by atoms with Gasteiger partial charge in [-0.25, -0.2) is 4.79 Å². The Kier molecular flexibility index (Phi) is 12.7. The number of aliphatic carboxylic acids is 2. The molecule has 0 aromatic heterocycles. The second-order valence-electron chi connectivity index (χ2n) is 7.73. The molecule has 0 bridgehead atoms. The van der Waals surface area contributed by atoms with E-state index in [0.29, 0.717) is 13.0 Å². The molecule has 0 aromatic rings. The van der Waals surface area contributed by atoms with Crippen molar-refractivity contribution in [3.63, 3.8) is 0 Å². The first kappa shape index (κ1) is 29.0. The second kappa shape index (κ2) is 15.0. The van der Waals surface area contributed by atoms with Gasteiger partial charge in [-0.1, -0.05) is 0 Å². The van der Waals surface area contributed by atoms with Gasteiger partial charge in [0.15, 0.2) is 5.96 Å². The fourth-order valence-corrected chi connectivity index (χ4v) is 3.47. The van der Waals surface area contributed by atoms with E-state index in [1.54, 1.807) is 0 Å². The highest BCUT2D eigenvalue weighted by Crippen LogP contribution is 2.07. The van der Waals surface area contributed by atoms with Crippen LogP contribution in [-0.2, 0) is 24.0 Å². The van der Waals surface area contributed by atoms with Gasteiger partial charge in [-0.3, -0.25) is 24.2 Å². The fourth-order valence-electron chi connectivity index (χ4n) is 3.22. The van der Waals surface area contributed by atoms with Gasteiger partial charge in [0.25, 0.3) is 0 Å². The highest BCUT2D eigenvalue weighted by molar-refractivity contribution is 7.80. The van der Waals surface area contributed by atoms with Crippen molar-refractivity contribution in [2.45, 2.75) is 62.7 Å². The Morgan fingerprint density at radius 1 is 1.00 bits per heavy atom. The second-order valence-corrected chi connectivity index (χ2v) is 8.10. The van der Waals surface area contributed by atoms with Crippen LogP contribution in [0.4, 0.5) is 0 Å². The maximum Gasteiger partial charge on any atom is 0.326 e. The van der Waals surface area contributed by atoms with Crippen molar-refractivity contribution in [1.29, 1.82) is 0 Å². The van der Waals surface area contributed by atoms with E-state index in [1.807, 2.05) is 0 Å². The zero-order valence-electron chi connectivity index (χ0n) is 18.7. The minimum Gasteiger partial charge on any atom is -0.481 e. The molecule has 4 atom stereocenters. The van der Waals surface area contributed by atoms with Crippen LogP contribution < -0.4 is 32.7 Å². The Morgan fingerprint density at radius 3 is 2.18 bits per heavy atom. The van der Waals surface area contributed by atoms with Gasteiger partial charge < -0.3 is 42.9 Å². The lowest BCUT2D eigenvalue weighted by molar-refractivity contribution is -0.142. The van der Waals surface area contributed by atoms with E-state index in [1.165, 1.54) is 0 Å². The van der Waals surface area contributed by atoms with Crippen molar-refractivity contribution in [2.75, 3.05) is 18.8 Å². The zero-order valence-corrected chi connectivity index (χ0v) is 19.6. The number of carbonyl (C=O) groups is 5. The molecule has 0 saturated carbocycles. The van der Waals surface area contributed by atoms with E-state index in [0.717, 1.165) is 6.42 Å². The Bertz CT molecular complexity index is 770. The van der Waals surface area contributed by atoms with Gasteiger partial charge in [0, 0.05) is 18.7 Å². The highest BCUT2D eigenvalue weighted by Gasteiger charge is 2.31. The van der Waals surface area contributed by atoms with Gasteiger partial charge in [0.1, 0.15) is 18.1 Å². The van der Waals surface area contributed by atoms with Crippen LogP contribution in [0.15, 0.2) is 4.99 Å². The fraction of sp³-hybridized carbons (Fsp3) is 0.684. The number of hydrogen-bond acceptors (Lipinski definition) is 8. The molecule has 0 radical (unpaired) electrons. The van der Waals surface area contributed by atoms with E-state index in [9.17, 15) is 29.1 Å². The number of carboxylic acids is 2. The van der Waals surface area contributed by atoms with E-state index >= 15 is 0 Å². The topological polar surface area (TPSA) is 238 Å². The maximum absolute atomic E-state index is 12.8. The molecule has 192 valence electrons. The number of nitrogens with one attached hydrogen (secondary N) is 4. The van der Waals surface area contributed by atoms with Crippen LogP contribution in [0, 0.1) is 0 Å². The summed E-state index contributed by atoms with van der Waals surface area (Å²) < 4.78 is 0. The molecule has 15 heteroatoms. The molecule has 4 unspecified atom stereocenters. The molecule has 34 heavy (non-hydrogen) atoms. The van der Waals surface area contributed by atoms with Crippen LogP contribution in [-0.4, -0.2) is 88.8 Å². The first-order valence-electron chi connectivity index (χ1n) is 10.8. The molecular weight excluding hydrogens is 470 g/mol. The SMILES string of the molecule is NC(N)=NCCCC(NC(=O)C(CS)NC(=O)C(CCC(=O)O)NC(=O)C1CCCN1)C(=O)O. The summed E-state index contributed by atoms with van der Waals surface area (Å²) >= 11 is 4.05. The normalized spacial score (nSPS) is 17.6. The average Bonchev–Trinajstić information content (AvgIpc) is 3.31. The summed E-state index contributed by atoms with van der Waals surface area (Å²) in [7, 11) is 0. The predicted molar refractivity (Wildman–Crippen MR) is 125 cm³/mol. The predicted octanol–water partition coefficient (Wildman–Crippen LogP) is -2.87. The maximum atomic E-state index is 12.8. The van der Waals surface area contributed by atoms with Gasteiger partial charge in [-0.15, -0.1) is 0 Å². The molecule has 14 nitrogen and oxygen atoms in total. The number of hydrogen-bond donors (Lipinski definition) is 9. The van der Waals surface area contributed by atoms with Crippen LogP contribution in [0.1, 0.15) is 38.5 Å². The molecule has 0 spiro atoms. The van der Waals surface area contributed by atoms with E-state index in [-0.39, 0.29) is 43.9 Å². The summed E-state index contributed by atoms with van der Waals surface area (Å²) in [4.78, 5) is 64.0. The van der Waals surface area contributed by atoms with Crippen LogP contribution >= 0.6 is 12.6 Å². The summed E-state index contributed by atoms with van der Waals surface area (Å²) in [5, 5.41) is 28.6. The molecule has 0 aromatic carbocycles. The average molecular weight is 504 g/mol. The van der Waals surface area contributed by atoms with Crippen molar-refractivity contribution < 1.29 is 34.2 Å². The van der Waals surface area contributed by atoms with E-state index < -0.39 is 53.8 Å². The molecule has 10 N–H and O–H groups in total. The van der Waals surface area contributed by atoms with Crippen LogP contribution in [0.3, 0.4) is 0 Å². The molecular formula is C19H33N7O7S. The summed E-state index contributed by atoms with van der Waals surface area (Å²) in [6.07, 6.45) is 1.12. The smallest absolute Gasteiger partial charge is 0.326 e. The minimum atomic E-state index is -1.28. The lowest BCUT2D eigenvalue weighted by Gasteiger charge is -2.24. The zero-order chi connectivity index (χ0) is 25.7. The molecule has 0 aliphatic carbocycles. The van der Waals surface area contributed by atoms with Crippen LogP contribution in [0.5, 0.6) is 0 Å². The number of carboxylic acid groups (broad SMARTS) is 2. The Hall–Kier alpha value is -3.07. The Labute approximate surface area is 202 Å². The molecule has 1 saturated heterocycles. The largest absolute Gasteiger partial charge is 0.481 e. The van der Waals surface area contributed by atoms with Gasteiger partial charge >= 0.3 is 11.9 Å². The van der Waals surface area contributed by atoms with Crippen LogP contribution in [0.2, 0.25) is 0 Å². The summed E-state index contributed by atoms with van der Waals surface area (Å²) in [6.45, 7) is 0.832. The Morgan fingerprint density at radius 2 is 1.65 bits per heavy atom. The lowest BCUT2D eigenvalue weighted by Crippen LogP contribution is -2.57. The third-order valence-electron chi connectivity index (χ3n) is 5.03. The van der Waals surface area contributed by atoms with Crippen molar-refractivity contribution in [3.8, 4) is 0 Å². The lowest BCUT2D eigenvalue weighted by atomic mass is 10.1. The number of aliphatic imine (C=N–C) groups is 1. The first-order valence-corrected chi connectivity index (χ1v) is 11.4. The van der Waals surface area contributed by atoms with Crippen molar-refractivity contribution in [3.05, 3.63) is 0 Å². The summed E-state index contributed by atoms with van der Waals surface area (Å²) in [5.74, 6) is -4.75. The third kappa shape index (κ3) is 10.7. The number of thiol groups is 1. The third-order valence-corrected chi connectivity index (χ3v) is 5.40. The molecule has 1 aliphatic rings. The molecule has 3 amide bonds. The number of nitrogens with two attached hydrogens (primary N) is 2. The van der Waals surface area contributed by atoms with Gasteiger partial charge in [0.05, 0.1) is 6.04 Å². The quantitative estimate of drug-likeness (QED) is 0.0479. The van der Waals surface area contributed by atoms with Gasteiger partial charge in [0.2, 0.25) is 17.7 Å². The molecule has 1 heterocycles. The van der Waals surface area contributed by atoms with Gasteiger partial charge in [-0.2, -0.15) is 12.6 Å². The van der Waals surface area contributed by atoms with Gasteiger partial charge in [-0.05, 0) is 38.6 Å². The van der Waals surface area contributed by atoms with E-state index in [2.05, 4.69) is 38.9 Å². The Balaban J connectivity index is 2.76. The number of guanidine groups is 1. The minimum absolute atomic E-state index is 0.0385. The van der Waals surface area contributed by atoms with Crippen molar-refractivity contribution >= 4 is 48.2 Å². The number of rotatable bonds is 15.